The van der Waals surface area contributed by atoms with Crippen molar-refractivity contribution in [3.05, 3.63) is 17.5 Å². The molecule has 1 aromatic rings. The molecule has 1 fully saturated rings. The van der Waals surface area contributed by atoms with Crippen molar-refractivity contribution in [1.29, 1.82) is 0 Å². The Kier molecular flexibility index (Phi) is 4.81. The second kappa shape index (κ2) is 6.39. The minimum Gasteiger partial charge on any atom is -0.348 e. The quantitative estimate of drug-likeness (QED) is 0.909. The van der Waals surface area contributed by atoms with Crippen molar-refractivity contribution in [3.63, 3.8) is 0 Å². The van der Waals surface area contributed by atoms with Gasteiger partial charge < -0.3 is 10.2 Å². The number of rotatable bonds is 4. The zero-order valence-corrected chi connectivity index (χ0v) is 13.0. The molecule has 2 rings (SSSR count). The maximum absolute atomic E-state index is 12.2. The van der Waals surface area contributed by atoms with E-state index in [1.165, 1.54) is 0 Å². The topological polar surface area (TPSA) is 50.2 Å². The Hall–Kier alpha value is -1.36. The zero-order chi connectivity index (χ0) is 14.7. The number of carbonyl (C=O) groups excluding carboxylic acids is 1. The van der Waals surface area contributed by atoms with Crippen LogP contribution in [0.25, 0.3) is 0 Å². The second-order valence-electron chi connectivity index (χ2n) is 6.24. The van der Waals surface area contributed by atoms with Crippen LogP contribution in [0.5, 0.6) is 0 Å². The fourth-order valence-corrected chi connectivity index (χ4v) is 2.86. The normalized spacial score (nSPS) is 17.6. The number of amides is 1. The highest BCUT2D eigenvalue weighted by Crippen LogP contribution is 2.13. The van der Waals surface area contributed by atoms with E-state index in [1.54, 1.807) is 4.68 Å². The van der Waals surface area contributed by atoms with Gasteiger partial charge in [0.25, 0.3) is 5.91 Å². The first-order valence-corrected chi connectivity index (χ1v) is 7.49. The summed E-state index contributed by atoms with van der Waals surface area (Å²) in [6.45, 7) is 9.71. The third-order valence-electron chi connectivity index (χ3n) is 3.78. The van der Waals surface area contributed by atoms with Crippen LogP contribution in [0.1, 0.15) is 42.9 Å². The fraction of sp³-hybridized carbons (Fsp3) is 0.733. The van der Waals surface area contributed by atoms with Gasteiger partial charge in [-0.05, 0) is 31.7 Å². The number of aromatic nitrogens is 2. The molecule has 5 nitrogen and oxygen atoms in total. The third kappa shape index (κ3) is 3.82. The van der Waals surface area contributed by atoms with Gasteiger partial charge in [-0.2, -0.15) is 5.10 Å². The number of hydrogen-bond acceptors (Lipinski definition) is 3. The van der Waals surface area contributed by atoms with Crippen LogP contribution in [0.2, 0.25) is 0 Å². The molecular weight excluding hydrogens is 252 g/mol. The van der Waals surface area contributed by atoms with E-state index < -0.39 is 0 Å². The molecule has 112 valence electrons. The van der Waals surface area contributed by atoms with Crippen LogP contribution in [-0.4, -0.2) is 46.3 Å². The molecule has 1 saturated heterocycles. The molecule has 1 aliphatic rings. The summed E-state index contributed by atoms with van der Waals surface area (Å²) in [4.78, 5) is 14.7. The Labute approximate surface area is 121 Å². The minimum absolute atomic E-state index is 0.00425. The molecule has 0 radical (unpaired) electrons. The standard InChI is InChI=1S/C15H26N4O/c1-11(2)10-19-7-5-13(6-8-19)16-15(20)14-9-12(3)17-18(14)4/h9,11,13H,5-8,10H2,1-4H3,(H,16,20). The van der Waals surface area contributed by atoms with Crippen molar-refractivity contribution in [2.45, 2.75) is 39.7 Å². The number of piperidine rings is 1. The average molecular weight is 278 g/mol. The summed E-state index contributed by atoms with van der Waals surface area (Å²) in [5.41, 5.74) is 1.52. The Balaban J connectivity index is 1.83. The molecule has 20 heavy (non-hydrogen) atoms. The molecule has 0 bridgehead atoms. The molecule has 0 aromatic carbocycles. The van der Waals surface area contributed by atoms with Crippen LogP contribution >= 0.6 is 0 Å². The molecule has 1 N–H and O–H groups in total. The molecule has 1 aromatic heterocycles. The van der Waals surface area contributed by atoms with E-state index >= 15 is 0 Å². The lowest BCUT2D eigenvalue weighted by Gasteiger charge is -2.33. The highest BCUT2D eigenvalue weighted by atomic mass is 16.2. The van der Waals surface area contributed by atoms with Gasteiger partial charge in [0.15, 0.2) is 0 Å². The van der Waals surface area contributed by atoms with Crippen LogP contribution in [0, 0.1) is 12.8 Å². The molecule has 1 aliphatic heterocycles. The predicted molar refractivity (Wildman–Crippen MR) is 79.7 cm³/mol. The van der Waals surface area contributed by atoms with E-state index in [9.17, 15) is 4.79 Å². The number of carbonyl (C=O) groups is 1. The van der Waals surface area contributed by atoms with Gasteiger partial charge >= 0.3 is 0 Å². The number of aryl methyl sites for hydroxylation is 2. The summed E-state index contributed by atoms with van der Waals surface area (Å²) in [6, 6.07) is 2.13. The predicted octanol–water partition coefficient (Wildman–Crippen LogP) is 1.58. The largest absolute Gasteiger partial charge is 0.348 e. The van der Waals surface area contributed by atoms with Gasteiger partial charge in [0.2, 0.25) is 0 Å². The lowest BCUT2D eigenvalue weighted by molar-refractivity contribution is 0.0898. The molecule has 5 heteroatoms. The molecule has 0 unspecified atom stereocenters. The van der Waals surface area contributed by atoms with Crippen LogP contribution in [0.4, 0.5) is 0 Å². The van der Waals surface area contributed by atoms with Crippen molar-refractivity contribution < 1.29 is 4.79 Å². The van der Waals surface area contributed by atoms with Gasteiger partial charge in [0.1, 0.15) is 5.69 Å². The number of nitrogens with one attached hydrogen (secondary N) is 1. The maximum Gasteiger partial charge on any atom is 0.269 e. The summed E-state index contributed by atoms with van der Waals surface area (Å²) in [5.74, 6) is 0.703. The first-order chi connectivity index (χ1) is 9.45. The number of likely N-dealkylation sites (tertiary alicyclic amines) is 1. The van der Waals surface area contributed by atoms with Gasteiger partial charge in [-0.3, -0.25) is 9.48 Å². The molecule has 0 atom stereocenters. The Morgan fingerprint density at radius 3 is 2.60 bits per heavy atom. The monoisotopic (exact) mass is 278 g/mol. The molecule has 2 heterocycles. The first kappa shape index (κ1) is 15.0. The molecule has 0 aliphatic carbocycles. The van der Waals surface area contributed by atoms with Crippen LogP contribution < -0.4 is 5.32 Å². The van der Waals surface area contributed by atoms with E-state index in [0.717, 1.165) is 38.2 Å². The van der Waals surface area contributed by atoms with Crippen molar-refractivity contribution in [3.8, 4) is 0 Å². The van der Waals surface area contributed by atoms with Crippen LogP contribution in [0.3, 0.4) is 0 Å². The molecule has 0 spiro atoms. The second-order valence-corrected chi connectivity index (χ2v) is 6.24. The fourth-order valence-electron chi connectivity index (χ4n) is 2.86. The summed E-state index contributed by atoms with van der Waals surface area (Å²) in [7, 11) is 1.81. The number of nitrogens with zero attached hydrogens (tertiary/aromatic N) is 3. The van der Waals surface area contributed by atoms with Crippen LogP contribution in [0.15, 0.2) is 6.07 Å². The van der Waals surface area contributed by atoms with Crippen molar-refractivity contribution in [2.24, 2.45) is 13.0 Å². The molecular formula is C15H26N4O. The third-order valence-corrected chi connectivity index (χ3v) is 3.78. The summed E-state index contributed by atoms with van der Waals surface area (Å²) >= 11 is 0. The van der Waals surface area contributed by atoms with Gasteiger partial charge in [0, 0.05) is 32.7 Å². The smallest absolute Gasteiger partial charge is 0.269 e. The Morgan fingerprint density at radius 2 is 2.10 bits per heavy atom. The van der Waals surface area contributed by atoms with Gasteiger partial charge in [-0.15, -0.1) is 0 Å². The number of hydrogen-bond donors (Lipinski definition) is 1. The SMILES string of the molecule is Cc1cc(C(=O)NC2CCN(CC(C)C)CC2)n(C)n1. The van der Waals surface area contributed by atoms with E-state index in [2.05, 4.69) is 29.2 Å². The van der Waals surface area contributed by atoms with E-state index in [1.807, 2.05) is 20.0 Å². The van der Waals surface area contributed by atoms with Crippen molar-refractivity contribution in [2.75, 3.05) is 19.6 Å². The van der Waals surface area contributed by atoms with E-state index in [4.69, 9.17) is 0 Å². The lowest BCUT2D eigenvalue weighted by Crippen LogP contribution is -2.45. The Morgan fingerprint density at radius 1 is 1.45 bits per heavy atom. The van der Waals surface area contributed by atoms with Crippen molar-refractivity contribution in [1.82, 2.24) is 20.0 Å². The molecule has 0 saturated carbocycles. The van der Waals surface area contributed by atoms with Gasteiger partial charge in [-0.25, -0.2) is 0 Å². The van der Waals surface area contributed by atoms with Crippen LogP contribution in [-0.2, 0) is 7.05 Å². The van der Waals surface area contributed by atoms with E-state index in [0.29, 0.717) is 17.7 Å². The maximum atomic E-state index is 12.2. The summed E-state index contributed by atoms with van der Waals surface area (Å²) < 4.78 is 1.65. The highest BCUT2D eigenvalue weighted by molar-refractivity contribution is 5.92. The highest BCUT2D eigenvalue weighted by Gasteiger charge is 2.22. The summed E-state index contributed by atoms with van der Waals surface area (Å²) in [6.07, 6.45) is 2.07. The summed E-state index contributed by atoms with van der Waals surface area (Å²) in [5, 5.41) is 7.35. The van der Waals surface area contributed by atoms with Gasteiger partial charge in [-0.1, -0.05) is 13.8 Å². The van der Waals surface area contributed by atoms with E-state index in [-0.39, 0.29) is 5.91 Å². The Bertz CT molecular complexity index is 458. The minimum atomic E-state index is -0.00425. The molecule has 1 amide bonds. The zero-order valence-electron chi connectivity index (χ0n) is 13.0. The lowest BCUT2D eigenvalue weighted by atomic mass is 10.0. The first-order valence-electron chi connectivity index (χ1n) is 7.49. The average Bonchev–Trinajstić information content (AvgIpc) is 2.70. The van der Waals surface area contributed by atoms with Gasteiger partial charge in [0.05, 0.1) is 5.69 Å². The van der Waals surface area contributed by atoms with Crippen molar-refractivity contribution >= 4 is 5.91 Å².